The van der Waals surface area contributed by atoms with Crippen molar-refractivity contribution in [2.75, 3.05) is 5.32 Å². The highest BCUT2D eigenvalue weighted by Gasteiger charge is 2.73. The second kappa shape index (κ2) is 6.82. The molecular formula is C25H24Cl3N3O. The number of amides is 1. The van der Waals surface area contributed by atoms with E-state index in [0.717, 1.165) is 34.4 Å². The molecule has 0 spiro atoms. The van der Waals surface area contributed by atoms with Gasteiger partial charge in [-0.05, 0) is 67.5 Å². The van der Waals surface area contributed by atoms with Crippen LogP contribution in [-0.2, 0) is 15.6 Å². The van der Waals surface area contributed by atoms with Gasteiger partial charge in [-0.3, -0.25) is 4.79 Å². The molecule has 7 heteroatoms. The maximum Gasteiger partial charge on any atom is 0.237 e. The molecule has 2 unspecified atom stereocenters. The van der Waals surface area contributed by atoms with Crippen LogP contribution < -0.4 is 5.32 Å². The van der Waals surface area contributed by atoms with E-state index in [1.165, 1.54) is 5.56 Å². The molecule has 0 saturated heterocycles. The van der Waals surface area contributed by atoms with Crippen LogP contribution in [0.25, 0.3) is 11.0 Å². The fourth-order valence-electron chi connectivity index (χ4n) is 5.71. The first-order valence-electron chi connectivity index (χ1n) is 10.7. The lowest BCUT2D eigenvalue weighted by Gasteiger charge is -2.39. The van der Waals surface area contributed by atoms with Gasteiger partial charge < -0.3 is 5.32 Å². The lowest BCUT2D eigenvalue weighted by atomic mass is 9.63. The highest BCUT2D eigenvalue weighted by atomic mass is 35.5. The van der Waals surface area contributed by atoms with Gasteiger partial charge in [-0.15, -0.1) is 0 Å². The molecule has 1 saturated carbocycles. The number of nitrogens with zero attached hydrogens (tertiary/aromatic N) is 2. The van der Waals surface area contributed by atoms with Gasteiger partial charge in [0.15, 0.2) is 0 Å². The van der Waals surface area contributed by atoms with Crippen LogP contribution in [0.1, 0.15) is 56.1 Å². The van der Waals surface area contributed by atoms with Gasteiger partial charge >= 0.3 is 0 Å². The van der Waals surface area contributed by atoms with E-state index in [9.17, 15) is 4.79 Å². The number of aromatic nitrogens is 2. The van der Waals surface area contributed by atoms with Crippen LogP contribution in [-0.4, -0.2) is 15.9 Å². The van der Waals surface area contributed by atoms with Crippen molar-refractivity contribution in [3.05, 3.63) is 61.8 Å². The third kappa shape index (κ3) is 2.60. The number of halogens is 3. The van der Waals surface area contributed by atoms with Gasteiger partial charge in [-0.2, -0.15) is 0 Å². The van der Waals surface area contributed by atoms with Crippen LogP contribution in [0.3, 0.4) is 0 Å². The van der Waals surface area contributed by atoms with Crippen LogP contribution in [0.4, 0.5) is 5.69 Å². The Kier molecular flexibility index (Phi) is 4.67. The van der Waals surface area contributed by atoms with E-state index in [2.05, 4.69) is 52.1 Å². The summed E-state index contributed by atoms with van der Waals surface area (Å²) in [4.78, 5) is 24.2. The number of aryl methyl sites for hydroxylation is 2. The predicted octanol–water partition coefficient (Wildman–Crippen LogP) is 7.17. The topological polar surface area (TPSA) is 54.9 Å². The van der Waals surface area contributed by atoms with Crippen molar-refractivity contribution >= 4 is 57.4 Å². The van der Waals surface area contributed by atoms with Crippen molar-refractivity contribution in [3.8, 4) is 0 Å². The van der Waals surface area contributed by atoms with Gasteiger partial charge in [0.05, 0.1) is 48.6 Å². The summed E-state index contributed by atoms with van der Waals surface area (Å²) in [6.45, 7) is 10.7. The minimum atomic E-state index is -0.827. The fraction of sp³-hybridized carbons (Fsp3) is 0.400. The maximum absolute atomic E-state index is 14.0. The average molecular weight is 489 g/mol. The Labute approximate surface area is 202 Å². The third-order valence-electron chi connectivity index (χ3n) is 8.30. The summed E-state index contributed by atoms with van der Waals surface area (Å²) in [6.07, 6.45) is 1.56. The number of carbonyl (C=O) groups is 1. The van der Waals surface area contributed by atoms with Gasteiger partial charge in [0.2, 0.25) is 5.91 Å². The quantitative estimate of drug-likeness (QED) is 0.389. The summed E-state index contributed by atoms with van der Waals surface area (Å²) in [7, 11) is 0. The second-order valence-corrected chi connectivity index (χ2v) is 11.1. The summed E-state index contributed by atoms with van der Waals surface area (Å²) >= 11 is 18.6. The first-order valence-corrected chi connectivity index (χ1v) is 11.8. The zero-order chi connectivity index (χ0) is 23.2. The Hall–Kier alpha value is -1.88. The van der Waals surface area contributed by atoms with Crippen LogP contribution in [0.15, 0.2) is 24.3 Å². The molecule has 0 radical (unpaired) electrons. The number of benzene rings is 2. The first-order chi connectivity index (χ1) is 14.9. The van der Waals surface area contributed by atoms with Gasteiger partial charge in [0.25, 0.3) is 0 Å². The van der Waals surface area contributed by atoms with Gasteiger partial charge in [-0.1, -0.05) is 55.6 Å². The second-order valence-electron chi connectivity index (χ2n) is 9.91. The van der Waals surface area contributed by atoms with Crippen LogP contribution in [0, 0.1) is 19.3 Å². The maximum atomic E-state index is 14.0. The van der Waals surface area contributed by atoms with Crippen molar-refractivity contribution in [1.29, 1.82) is 0 Å². The highest BCUT2D eigenvalue weighted by Crippen LogP contribution is 2.70. The number of hydrogen-bond donors (Lipinski definition) is 1. The number of fused-ring (bicyclic) bond motifs is 6. The molecule has 5 rings (SSSR count). The largest absolute Gasteiger partial charge is 0.324 e. The lowest BCUT2D eigenvalue weighted by molar-refractivity contribution is -0.125. The third-order valence-corrected chi connectivity index (χ3v) is 9.33. The fourth-order valence-corrected chi connectivity index (χ4v) is 6.30. The van der Waals surface area contributed by atoms with E-state index in [0.29, 0.717) is 27.2 Å². The number of nitrogens with one attached hydrogen (secondary N) is 1. The molecular weight excluding hydrogens is 465 g/mol. The van der Waals surface area contributed by atoms with Crippen LogP contribution in [0.5, 0.6) is 0 Å². The summed E-state index contributed by atoms with van der Waals surface area (Å²) in [5.74, 6) is -0.136. The standard InChI is InChI=1S/C25H24Cl3N3O/c1-12-8-18-19(9-13(12)2)30-21-20(29-18)24(5)6-7-25(21,23(24,3)4)22(32)31-17-11-15(27)14(26)10-16(17)28/h8-11H,6-7H2,1-5H3,(H,31,32). The molecule has 3 aromatic rings. The molecule has 1 amide bonds. The van der Waals surface area contributed by atoms with E-state index < -0.39 is 10.8 Å². The molecule has 1 N–H and O–H groups in total. The van der Waals surface area contributed by atoms with Crippen LogP contribution in [0.2, 0.25) is 15.1 Å². The van der Waals surface area contributed by atoms with E-state index in [1.54, 1.807) is 12.1 Å². The number of hydrogen-bond acceptors (Lipinski definition) is 3. The molecule has 166 valence electrons. The normalized spacial score (nSPS) is 25.2. The van der Waals surface area contributed by atoms with Crippen molar-refractivity contribution in [2.24, 2.45) is 5.41 Å². The van der Waals surface area contributed by atoms with E-state index in [1.807, 2.05) is 0 Å². The molecule has 1 aromatic heterocycles. The molecule has 32 heavy (non-hydrogen) atoms. The van der Waals surface area contributed by atoms with Crippen LogP contribution >= 0.6 is 34.8 Å². The minimum Gasteiger partial charge on any atom is -0.324 e. The van der Waals surface area contributed by atoms with Crippen molar-refractivity contribution in [3.63, 3.8) is 0 Å². The highest BCUT2D eigenvalue weighted by molar-refractivity contribution is 6.44. The molecule has 1 fully saturated rings. The van der Waals surface area contributed by atoms with E-state index in [4.69, 9.17) is 44.8 Å². The van der Waals surface area contributed by atoms with Gasteiger partial charge in [-0.25, -0.2) is 9.97 Å². The van der Waals surface area contributed by atoms with Crippen molar-refractivity contribution < 1.29 is 4.79 Å². The summed E-state index contributed by atoms with van der Waals surface area (Å²) in [5, 5.41) is 4.06. The van der Waals surface area contributed by atoms with E-state index in [-0.39, 0.29) is 11.3 Å². The van der Waals surface area contributed by atoms with Crippen molar-refractivity contribution in [1.82, 2.24) is 9.97 Å². The smallest absolute Gasteiger partial charge is 0.237 e. The molecule has 2 aromatic carbocycles. The Balaban J connectivity index is 1.70. The van der Waals surface area contributed by atoms with Crippen molar-refractivity contribution in [2.45, 2.75) is 58.3 Å². The zero-order valence-electron chi connectivity index (χ0n) is 18.7. The Morgan fingerprint density at radius 3 is 2.03 bits per heavy atom. The van der Waals surface area contributed by atoms with E-state index >= 15 is 0 Å². The SMILES string of the molecule is Cc1cc2nc3c(nc2cc1C)C1(C(=O)Nc2cc(Cl)c(Cl)cc2Cl)CCC3(C)C1(C)C. The molecule has 1 heterocycles. The summed E-state index contributed by atoms with van der Waals surface area (Å²) in [5.41, 5.74) is 4.70. The summed E-state index contributed by atoms with van der Waals surface area (Å²) in [6, 6.07) is 7.28. The van der Waals surface area contributed by atoms with Gasteiger partial charge in [0.1, 0.15) is 0 Å². The Morgan fingerprint density at radius 2 is 1.41 bits per heavy atom. The molecule has 2 atom stereocenters. The van der Waals surface area contributed by atoms with Gasteiger partial charge in [0, 0.05) is 5.41 Å². The Morgan fingerprint density at radius 1 is 0.844 bits per heavy atom. The summed E-state index contributed by atoms with van der Waals surface area (Å²) < 4.78 is 0. The molecule has 2 aliphatic carbocycles. The molecule has 2 aliphatic rings. The lowest BCUT2D eigenvalue weighted by Crippen LogP contribution is -2.48. The molecule has 2 bridgehead atoms. The number of carbonyl (C=O) groups excluding carboxylic acids is 1. The minimum absolute atomic E-state index is 0.136. The molecule has 0 aliphatic heterocycles. The number of anilines is 1. The zero-order valence-corrected chi connectivity index (χ0v) is 20.9. The average Bonchev–Trinajstić information content (AvgIpc) is 3.01. The Bertz CT molecular complexity index is 1340. The number of rotatable bonds is 2. The molecule has 4 nitrogen and oxygen atoms in total. The first kappa shape index (κ1) is 21.9. The predicted molar refractivity (Wildman–Crippen MR) is 131 cm³/mol. The monoisotopic (exact) mass is 487 g/mol.